The van der Waals surface area contributed by atoms with Gasteiger partial charge in [-0.05, 0) is 18.6 Å². The molecule has 0 spiro atoms. The lowest BCUT2D eigenvalue weighted by molar-refractivity contribution is -0.0278. The van der Waals surface area contributed by atoms with Gasteiger partial charge < -0.3 is 24.1 Å². The maximum atomic E-state index is 12.3. The van der Waals surface area contributed by atoms with Gasteiger partial charge >= 0.3 is 6.09 Å². The molecular weight excluding hydrogens is 320 g/mol. The van der Waals surface area contributed by atoms with Gasteiger partial charge in [-0.3, -0.25) is 0 Å². The van der Waals surface area contributed by atoms with Crippen molar-refractivity contribution in [3.8, 4) is 0 Å². The lowest BCUT2D eigenvalue weighted by Crippen LogP contribution is -2.49. The molecule has 1 N–H and O–H groups in total. The fourth-order valence-electron chi connectivity index (χ4n) is 2.77. The second-order valence-electron chi connectivity index (χ2n) is 6.17. The van der Waals surface area contributed by atoms with E-state index in [2.05, 4.69) is 12.2 Å². The van der Waals surface area contributed by atoms with Crippen LogP contribution >= 0.6 is 0 Å². The monoisotopic (exact) mass is 344 g/mol. The van der Waals surface area contributed by atoms with Crippen LogP contribution in [-0.2, 0) is 16.1 Å². The van der Waals surface area contributed by atoms with E-state index in [9.17, 15) is 4.79 Å². The molecule has 6 heteroatoms. The summed E-state index contributed by atoms with van der Waals surface area (Å²) in [6, 6.07) is 11.8. The highest BCUT2D eigenvalue weighted by Gasteiger charge is 2.25. The van der Waals surface area contributed by atoms with Gasteiger partial charge in [0.15, 0.2) is 0 Å². The first kappa shape index (κ1) is 17.5. The van der Waals surface area contributed by atoms with Crippen molar-refractivity contribution in [2.24, 2.45) is 0 Å². The standard InChI is InChI=1S/C19H24N2O4/c1-15(17-7-9-23-14-17)20-11-18-12-21(8-10-24-18)19(22)25-13-16-5-3-2-4-6-16/h2-7,9,14-15,18,20H,8,10-13H2,1H3. The van der Waals surface area contributed by atoms with Crippen LogP contribution < -0.4 is 5.32 Å². The minimum atomic E-state index is -0.292. The van der Waals surface area contributed by atoms with Crippen LogP contribution in [0.1, 0.15) is 24.1 Å². The fraction of sp³-hybridized carbons (Fsp3) is 0.421. The molecule has 2 atom stereocenters. The number of amides is 1. The van der Waals surface area contributed by atoms with Gasteiger partial charge in [0.05, 0.1) is 31.8 Å². The Hall–Kier alpha value is -2.31. The van der Waals surface area contributed by atoms with Crippen LogP contribution in [0.4, 0.5) is 4.79 Å². The minimum Gasteiger partial charge on any atom is -0.472 e. The number of carbonyl (C=O) groups excluding carboxylic acids is 1. The molecule has 1 aromatic carbocycles. The van der Waals surface area contributed by atoms with Crippen LogP contribution in [0, 0.1) is 0 Å². The zero-order valence-corrected chi connectivity index (χ0v) is 14.4. The molecule has 2 heterocycles. The van der Waals surface area contributed by atoms with Crippen molar-refractivity contribution in [3.63, 3.8) is 0 Å². The summed E-state index contributed by atoms with van der Waals surface area (Å²) in [5.41, 5.74) is 2.08. The summed E-state index contributed by atoms with van der Waals surface area (Å²) in [6.07, 6.45) is 3.05. The molecule has 0 radical (unpaired) electrons. The van der Waals surface area contributed by atoms with E-state index in [1.807, 2.05) is 36.4 Å². The van der Waals surface area contributed by atoms with Crippen molar-refractivity contribution in [2.75, 3.05) is 26.2 Å². The van der Waals surface area contributed by atoms with E-state index in [1.54, 1.807) is 17.4 Å². The van der Waals surface area contributed by atoms with Crippen LogP contribution in [-0.4, -0.2) is 43.3 Å². The summed E-state index contributed by atoms with van der Waals surface area (Å²) in [7, 11) is 0. The van der Waals surface area contributed by atoms with Gasteiger partial charge in [-0.25, -0.2) is 4.79 Å². The smallest absolute Gasteiger partial charge is 0.410 e. The van der Waals surface area contributed by atoms with Crippen molar-refractivity contribution in [1.82, 2.24) is 10.2 Å². The molecule has 1 fully saturated rings. The van der Waals surface area contributed by atoms with E-state index in [-0.39, 0.29) is 24.8 Å². The van der Waals surface area contributed by atoms with Crippen molar-refractivity contribution < 1.29 is 18.7 Å². The summed E-state index contributed by atoms with van der Waals surface area (Å²) in [4.78, 5) is 14.0. The number of carbonyl (C=O) groups is 1. The first-order chi connectivity index (χ1) is 12.2. The molecule has 0 bridgehead atoms. The average molecular weight is 344 g/mol. The Labute approximate surface area is 147 Å². The van der Waals surface area contributed by atoms with Crippen molar-refractivity contribution in [3.05, 3.63) is 60.1 Å². The molecule has 6 nitrogen and oxygen atoms in total. The molecule has 1 amide bonds. The molecule has 1 aliphatic heterocycles. The number of morpholine rings is 1. The number of rotatable bonds is 6. The van der Waals surface area contributed by atoms with Gasteiger partial charge in [0.25, 0.3) is 0 Å². The number of nitrogens with zero attached hydrogens (tertiary/aromatic N) is 1. The Bertz CT molecular complexity index is 645. The van der Waals surface area contributed by atoms with E-state index in [0.717, 1.165) is 11.1 Å². The van der Waals surface area contributed by atoms with E-state index in [1.165, 1.54) is 0 Å². The SMILES string of the molecule is CC(NCC1CN(C(=O)OCc2ccccc2)CCO1)c1ccoc1. The Morgan fingerprint density at radius 3 is 2.96 bits per heavy atom. The van der Waals surface area contributed by atoms with Gasteiger partial charge in [-0.2, -0.15) is 0 Å². The Kier molecular flexibility index (Phi) is 6.09. The highest BCUT2D eigenvalue weighted by atomic mass is 16.6. The molecule has 0 saturated carbocycles. The topological polar surface area (TPSA) is 63.9 Å². The second-order valence-corrected chi connectivity index (χ2v) is 6.17. The molecular formula is C19H24N2O4. The first-order valence-corrected chi connectivity index (χ1v) is 8.55. The zero-order valence-electron chi connectivity index (χ0n) is 14.4. The molecule has 25 heavy (non-hydrogen) atoms. The highest BCUT2D eigenvalue weighted by molar-refractivity contribution is 5.67. The van der Waals surface area contributed by atoms with Gasteiger partial charge in [0, 0.05) is 24.7 Å². The lowest BCUT2D eigenvalue weighted by Gasteiger charge is -2.33. The molecule has 0 aliphatic carbocycles. The molecule has 1 aliphatic rings. The van der Waals surface area contributed by atoms with Crippen LogP contribution in [0.3, 0.4) is 0 Å². The number of hydrogen-bond acceptors (Lipinski definition) is 5. The van der Waals surface area contributed by atoms with E-state index < -0.39 is 0 Å². The Morgan fingerprint density at radius 2 is 2.20 bits per heavy atom. The van der Waals surface area contributed by atoms with Crippen LogP contribution in [0.2, 0.25) is 0 Å². The number of ether oxygens (including phenoxy) is 2. The zero-order chi connectivity index (χ0) is 17.5. The third kappa shape index (κ3) is 5.08. The predicted octanol–water partition coefficient (Wildman–Crippen LogP) is 2.97. The molecule has 1 aromatic heterocycles. The van der Waals surface area contributed by atoms with E-state index in [0.29, 0.717) is 26.2 Å². The van der Waals surface area contributed by atoms with E-state index >= 15 is 0 Å². The number of benzene rings is 1. The lowest BCUT2D eigenvalue weighted by atomic mass is 10.1. The fourth-order valence-corrected chi connectivity index (χ4v) is 2.77. The maximum Gasteiger partial charge on any atom is 0.410 e. The summed E-state index contributed by atoms with van der Waals surface area (Å²) in [6.45, 7) is 4.62. The highest BCUT2D eigenvalue weighted by Crippen LogP contribution is 2.13. The van der Waals surface area contributed by atoms with Crippen molar-refractivity contribution >= 4 is 6.09 Å². The van der Waals surface area contributed by atoms with Crippen molar-refractivity contribution in [2.45, 2.75) is 25.7 Å². The second kappa shape index (κ2) is 8.69. The summed E-state index contributed by atoms with van der Waals surface area (Å²) >= 11 is 0. The predicted molar refractivity (Wildman–Crippen MR) is 93.1 cm³/mol. The van der Waals surface area contributed by atoms with Crippen LogP contribution in [0.15, 0.2) is 53.3 Å². The maximum absolute atomic E-state index is 12.3. The van der Waals surface area contributed by atoms with Crippen molar-refractivity contribution in [1.29, 1.82) is 0 Å². The third-order valence-electron chi connectivity index (χ3n) is 4.30. The normalized spacial score (nSPS) is 18.8. The summed E-state index contributed by atoms with van der Waals surface area (Å²) in [5, 5.41) is 3.41. The summed E-state index contributed by atoms with van der Waals surface area (Å²) < 4.78 is 16.3. The molecule has 2 unspecified atom stereocenters. The number of furan rings is 1. The quantitative estimate of drug-likeness (QED) is 0.873. The Morgan fingerprint density at radius 1 is 1.36 bits per heavy atom. The van der Waals surface area contributed by atoms with Crippen LogP contribution in [0.5, 0.6) is 0 Å². The van der Waals surface area contributed by atoms with Crippen LogP contribution in [0.25, 0.3) is 0 Å². The molecule has 134 valence electrons. The molecule has 2 aromatic rings. The summed E-state index contributed by atoms with van der Waals surface area (Å²) in [5.74, 6) is 0. The largest absolute Gasteiger partial charge is 0.472 e. The first-order valence-electron chi connectivity index (χ1n) is 8.55. The van der Waals surface area contributed by atoms with Gasteiger partial charge in [0.1, 0.15) is 6.61 Å². The number of hydrogen-bond donors (Lipinski definition) is 1. The minimum absolute atomic E-state index is 0.0487. The molecule has 3 rings (SSSR count). The molecule has 1 saturated heterocycles. The average Bonchev–Trinajstić information content (AvgIpc) is 3.20. The number of nitrogens with one attached hydrogen (secondary N) is 1. The van der Waals surface area contributed by atoms with E-state index in [4.69, 9.17) is 13.9 Å². The third-order valence-corrected chi connectivity index (χ3v) is 4.30. The van der Waals surface area contributed by atoms with Gasteiger partial charge in [0.2, 0.25) is 0 Å². The Balaban J connectivity index is 1.43. The van der Waals surface area contributed by atoms with Gasteiger partial charge in [-0.15, -0.1) is 0 Å². The van der Waals surface area contributed by atoms with Gasteiger partial charge in [-0.1, -0.05) is 30.3 Å².